The summed E-state index contributed by atoms with van der Waals surface area (Å²) in [5, 5.41) is 2.38. The van der Waals surface area contributed by atoms with Crippen LogP contribution in [0, 0.1) is 6.92 Å². The maximum absolute atomic E-state index is 13.6. The molecule has 30 heavy (non-hydrogen) atoms. The van der Waals surface area contributed by atoms with E-state index in [9.17, 15) is 26.4 Å². The van der Waals surface area contributed by atoms with Crippen LogP contribution < -0.4 is 10.0 Å². The van der Waals surface area contributed by atoms with Gasteiger partial charge in [0.05, 0.1) is 16.1 Å². The van der Waals surface area contributed by atoms with Crippen molar-refractivity contribution < 1.29 is 26.4 Å². The number of nitrogens with one attached hydrogen (secondary N) is 2. The molecule has 3 aromatic rings. The van der Waals surface area contributed by atoms with E-state index in [0.29, 0.717) is 6.07 Å². The summed E-state index contributed by atoms with van der Waals surface area (Å²) >= 11 is 0. The van der Waals surface area contributed by atoms with Gasteiger partial charge in [-0.15, -0.1) is 0 Å². The molecule has 2 N–H and O–H groups in total. The molecule has 3 rings (SSSR count). The minimum absolute atomic E-state index is 0.116. The predicted octanol–water partition coefficient (Wildman–Crippen LogP) is 5.07. The van der Waals surface area contributed by atoms with E-state index < -0.39 is 33.4 Å². The summed E-state index contributed by atoms with van der Waals surface area (Å²) in [7, 11) is -4.23. The minimum atomic E-state index is -4.85. The number of carbonyl (C=O) groups is 1. The van der Waals surface area contributed by atoms with Gasteiger partial charge in [-0.05, 0) is 49.4 Å². The molecule has 0 heterocycles. The van der Waals surface area contributed by atoms with Crippen LogP contribution in [0.25, 0.3) is 0 Å². The van der Waals surface area contributed by atoms with Gasteiger partial charge in [-0.1, -0.05) is 35.9 Å². The molecule has 0 saturated carbocycles. The van der Waals surface area contributed by atoms with Gasteiger partial charge >= 0.3 is 6.18 Å². The van der Waals surface area contributed by atoms with Gasteiger partial charge in [0.25, 0.3) is 15.9 Å². The van der Waals surface area contributed by atoms with Crippen molar-refractivity contribution in [3.8, 4) is 0 Å². The molecule has 3 aromatic carbocycles. The first-order valence-electron chi connectivity index (χ1n) is 8.73. The standard InChI is InChI=1S/C21H17F3N2O3S/c1-14-7-10-17(11-8-14)30(28,29)26-19-12-9-16(13-18(19)21(22,23)24)25-20(27)15-5-3-2-4-6-15/h2-13,26H,1H3,(H,25,27). The summed E-state index contributed by atoms with van der Waals surface area (Å²) < 4.78 is 67.7. The molecule has 0 aliphatic heterocycles. The number of hydrogen-bond donors (Lipinski definition) is 2. The van der Waals surface area contributed by atoms with Crippen molar-refractivity contribution in [2.75, 3.05) is 10.0 Å². The van der Waals surface area contributed by atoms with Crippen molar-refractivity contribution in [2.24, 2.45) is 0 Å². The van der Waals surface area contributed by atoms with Crippen molar-refractivity contribution in [1.82, 2.24) is 0 Å². The lowest BCUT2D eigenvalue weighted by Crippen LogP contribution is -2.18. The zero-order valence-electron chi connectivity index (χ0n) is 15.7. The lowest BCUT2D eigenvalue weighted by molar-refractivity contribution is -0.136. The molecule has 5 nitrogen and oxygen atoms in total. The molecule has 1 amide bonds. The molecule has 156 valence electrons. The number of carbonyl (C=O) groups excluding carboxylic acids is 1. The predicted molar refractivity (Wildman–Crippen MR) is 108 cm³/mol. The van der Waals surface area contributed by atoms with Gasteiger partial charge in [-0.2, -0.15) is 13.2 Å². The van der Waals surface area contributed by atoms with Crippen molar-refractivity contribution >= 4 is 27.3 Å². The SMILES string of the molecule is Cc1ccc(S(=O)(=O)Nc2ccc(NC(=O)c3ccccc3)cc2C(F)(F)F)cc1. The first-order valence-corrected chi connectivity index (χ1v) is 10.2. The third-order valence-electron chi connectivity index (χ3n) is 4.19. The van der Waals surface area contributed by atoms with Crippen LogP contribution >= 0.6 is 0 Å². The Morgan fingerprint density at radius 1 is 0.900 bits per heavy atom. The van der Waals surface area contributed by atoms with E-state index in [4.69, 9.17) is 0 Å². The molecule has 0 aliphatic rings. The van der Waals surface area contributed by atoms with Crippen molar-refractivity contribution in [1.29, 1.82) is 0 Å². The van der Waals surface area contributed by atoms with Crippen molar-refractivity contribution in [3.63, 3.8) is 0 Å². The summed E-state index contributed by atoms with van der Waals surface area (Å²) in [5.41, 5.74) is -0.891. The highest BCUT2D eigenvalue weighted by Gasteiger charge is 2.35. The molecule has 0 aliphatic carbocycles. The molecule has 0 aromatic heterocycles. The highest BCUT2D eigenvalue weighted by atomic mass is 32.2. The number of halogens is 3. The Kier molecular flexibility index (Phi) is 5.84. The summed E-state index contributed by atoms with van der Waals surface area (Å²) in [6.45, 7) is 1.76. The minimum Gasteiger partial charge on any atom is -0.322 e. The van der Waals surface area contributed by atoms with E-state index in [1.165, 1.54) is 30.3 Å². The quantitative estimate of drug-likeness (QED) is 0.589. The first kappa shape index (κ1) is 21.4. The molecular formula is C21H17F3N2O3S. The van der Waals surface area contributed by atoms with Crippen LogP contribution in [0.3, 0.4) is 0 Å². The molecule has 9 heteroatoms. The van der Waals surface area contributed by atoms with Crippen LogP contribution in [0.15, 0.2) is 77.7 Å². The third kappa shape index (κ3) is 4.98. The van der Waals surface area contributed by atoms with E-state index in [0.717, 1.165) is 11.6 Å². The van der Waals surface area contributed by atoms with Gasteiger partial charge in [0, 0.05) is 11.3 Å². The van der Waals surface area contributed by atoms with E-state index in [1.807, 2.05) is 4.72 Å². The summed E-state index contributed by atoms with van der Waals surface area (Å²) in [4.78, 5) is 12.0. The van der Waals surface area contributed by atoms with Gasteiger partial charge < -0.3 is 5.32 Å². The topological polar surface area (TPSA) is 75.3 Å². The highest BCUT2D eigenvalue weighted by molar-refractivity contribution is 7.92. The van der Waals surface area contributed by atoms with Crippen LogP contribution in [-0.4, -0.2) is 14.3 Å². The largest absolute Gasteiger partial charge is 0.418 e. The molecule has 0 saturated heterocycles. The van der Waals surface area contributed by atoms with E-state index >= 15 is 0 Å². The Morgan fingerprint density at radius 3 is 2.13 bits per heavy atom. The molecule has 0 unspecified atom stereocenters. The third-order valence-corrected chi connectivity index (χ3v) is 5.58. The lowest BCUT2D eigenvalue weighted by atomic mass is 10.1. The second-order valence-corrected chi connectivity index (χ2v) is 8.18. The number of benzene rings is 3. The highest BCUT2D eigenvalue weighted by Crippen LogP contribution is 2.37. The average Bonchev–Trinajstić information content (AvgIpc) is 2.69. The molecule has 0 radical (unpaired) electrons. The number of amides is 1. The number of hydrogen-bond acceptors (Lipinski definition) is 3. The first-order chi connectivity index (χ1) is 14.1. The Bertz CT molecular complexity index is 1160. The Balaban J connectivity index is 1.92. The number of aryl methyl sites for hydroxylation is 1. The Hall–Kier alpha value is -3.33. The van der Waals surface area contributed by atoms with Gasteiger partial charge in [-0.25, -0.2) is 8.42 Å². The fourth-order valence-corrected chi connectivity index (χ4v) is 3.74. The summed E-state index contributed by atoms with van der Waals surface area (Å²) in [6, 6.07) is 16.5. The molecule has 0 fully saturated rings. The lowest BCUT2D eigenvalue weighted by Gasteiger charge is -2.17. The number of sulfonamides is 1. The second-order valence-electron chi connectivity index (χ2n) is 6.50. The van der Waals surface area contributed by atoms with Crippen molar-refractivity contribution in [3.05, 3.63) is 89.5 Å². The Morgan fingerprint density at radius 2 is 1.53 bits per heavy atom. The average molecular weight is 434 g/mol. The molecule has 0 spiro atoms. The maximum Gasteiger partial charge on any atom is 0.418 e. The van der Waals surface area contributed by atoms with Crippen LogP contribution in [0.1, 0.15) is 21.5 Å². The summed E-state index contributed by atoms with van der Waals surface area (Å²) in [5.74, 6) is -0.586. The Labute approximate surface area is 171 Å². The van der Waals surface area contributed by atoms with E-state index in [1.54, 1.807) is 37.3 Å². The fourth-order valence-electron chi connectivity index (χ4n) is 2.66. The van der Waals surface area contributed by atoms with Crippen LogP contribution in [0.5, 0.6) is 0 Å². The smallest absolute Gasteiger partial charge is 0.322 e. The molecule has 0 bridgehead atoms. The van der Waals surface area contributed by atoms with Gasteiger partial charge in [-0.3, -0.25) is 9.52 Å². The van der Waals surface area contributed by atoms with Gasteiger partial charge in [0.2, 0.25) is 0 Å². The van der Waals surface area contributed by atoms with Crippen LogP contribution in [-0.2, 0) is 16.2 Å². The zero-order valence-corrected chi connectivity index (χ0v) is 16.5. The zero-order chi connectivity index (χ0) is 21.9. The van der Waals surface area contributed by atoms with Crippen molar-refractivity contribution in [2.45, 2.75) is 18.0 Å². The molecular weight excluding hydrogens is 417 g/mol. The van der Waals surface area contributed by atoms with Crippen LogP contribution in [0.2, 0.25) is 0 Å². The van der Waals surface area contributed by atoms with Gasteiger partial charge in [0.15, 0.2) is 0 Å². The number of alkyl halides is 3. The maximum atomic E-state index is 13.6. The number of rotatable bonds is 5. The summed E-state index contributed by atoms with van der Waals surface area (Å²) in [6.07, 6.45) is -4.85. The monoisotopic (exact) mass is 434 g/mol. The number of anilines is 2. The fraction of sp³-hybridized carbons (Fsp3) is 0.0952. The molecule has 0 atom stereocenters. The van der Waals surface area contributed by atoms with E-state index in [-0.39, 0.29) is 16.1 Å². The normalized spacial score (nSPS) is 11.7. The van der Waals surface area contributed by atoms with E-state index in [2.05, 4.69) is 5.32 Å². The van der Waals surface area contributed by atoms with Crippen LogP contribution in [0.4, 0.5) is 24.5 Å². The van der Waals surface area contributed by atoms with Gasteiger partial charge in [0.1, 0.15) is 0 Å². The second kappa shape index (κ2) is 8.19.